The maximum atomic E-state index is 9.85. The number of hydrogen-bond acceptors (Lipinski definition) is 2. The summed E-state index contributed by atoms with van der Waals surface area (Å²) in [6, 6.07) is 7.66. The van der Waals surface area contributed by atoms with Gasteiger partial charge in [0.05, 0.1) is 6.21 Å². The minimum absolute atomic E-state index is 0.293. The van der Waals surface area contributed by atoms with Crippen molar-refractivity contribution in [3.63, 3.8) is 0 Å². The van der Waals surface area contributed by atoms with E-state index in [9.17, 15) is 5.11 Å². The second kappa shape index (κ2) is 8.57. The molecule has 100 valence electrons. The minimum atomic E-state index is -0.826. The number of rotatable bonds is 2. The second-order valence-corrected chi connectivity index (χ2v) is 7.63. The van der Waals surface area contributed by atoms with Gasteiger partial charge in [0.15, 0.2) is 0 Å². The molecule has 6 heteroatoms. The number of aryl methyl sites for hydroxylation is 2. The van der Waals surface area contributed by atoms with Crippen LogP contribution in [0.3, 0.4) is 0 Å². The fourth-order valence-corrected chi connectivity index (χ4v) is 1.62. The van der Waals surface area contributed by atoms with Crippen LogP contribution in [0.1, 0.15) is 16.7 Å². The monoisotopic (exact) mass is 374 g/mol. The molecule has 2 rings (SSSR count). The van der Waals surface area contributed by atoms with Gasteiger partial charge in [-0.05, 0) is 43.2 Å². The normalized spacial score (nSPS) is 10.1. The molecule has 0 spiro atoms. The summed E-state index contributed by atoms with van der Waals surface area (Å²) in [5.74, 6) is 0.293. The second-order valence-electron chi connectivity index (χ2n) is 3.90. The summed E-state index contributed by atoms with van der Waals surface area (Å²) < 4.78 is 1.69. The summed E-state index contributed by atoms with van der Waals surface area (Å²) >= 11 is -0.826. The molecule has 2 aromatic rings. The van der Waals surface area contributed by atoms with Crippen LogP contribution in [0.25, 0.3) is 0 Å². The van der Waals surface area contributed by atoms with E-state index in [4.69, 9.17) is 17.0 Å². The van der Waals surface area contributed by atoms with Gasteiger partial charge in [0.1, 0.15) is 5.75 Å². The molecule has 1 aromatic heterocycles. The molecule has 0 bridgehead atoms. The zero-order valence-electron chi connectivity index (χ0n) is 10.6. The quantitative estimate of drug-likeness (QED) is 0.789. The predicted molar refractivity (Wildman–Crippen MR) is 76.7 cm³/mol. The average Bonchev–Trinajstić information content (AvgIpc) is 2.86. The van der Waals surface area contributed by atoms with Gasteiger partial charge < -0.3 is 5.11 Å². The molecule has 1 aromatic carbocycles. The van der Waals surface area contributed by atoms with Crippen LogP contribution in [0.2, 0.25) is 0 Å². The van der Waals surface area contributed by atoms with E-state index in [1.807, 2.05) is 50.5 Å². The SMILES string of the molecule is Cc1cc(C)c(O)c(/C=N/n2cccc2)c1.[Cl][Zr][Cl]. The Morgan fingerprint density at radius 1 is 1.21 bits per heavy atom. The first-order valence-electron chi connectivity index (χ1n) is 5.52. The average molecular weight is 376 g/mol. The third kappa shape index (κ3) is 5.52. The summed E-state index contributed by atoms with van der Waals surface area (Å²) in [4.78, 5) is 0. The molecule has 1 N–H and O–H groups in total. The van der Waals surface area contributed by atoms with Gasteiger partial charge in [0, 0.05) is 18.0 Å². The standard InChI is InChI=1S/C13H14N2O.2ClH.Zr/c1-10-7-11(2)13(16)12(8-10)9-14-15-5-3-4-6-15;;;/h3-9,16H,1-2H3;2*1H;/q;;;+2/p-2/b14-9+;;;. The van der Waals surface area contributed by atoms with Crippen LogP contribution >= 0.6 is 17.0 Å². The molecule has 0 fully saturated rings. The van der Waals surface area contributed by atoms with Crippen LogP contribution < -0.4 is 0 Å². The third-order valence-electron chi connectivity index (χ3n) is 2.39. The topological polar surface area (TPSA) is 37.5 Å². The molecule has 0 saturated carbocycles. The number of phenolic OH excluding ortho intramolecular Hbond substituents is 1. The molecule has 0 unspecified atom stereocenters. The van der Waals surface area contributed by atoms with Crippen LogP contribution in [0, 0.1) is 13.8 Å². The van der Waals surface area contributed by atoms with E-state index in [-0.39, 0.29) is 0 Å². The Labute approximate surface area is 131 Å². The van der Waals surface area contributed by atoms with E-state index >= 15 is 0 Å². The Balaban J connectivity index is 0.000000550. The summed E-state index contributed by atoms with van der Waals surface area (Å²) in [6.07, 6.45) is 5.35. The van der Waals surface area contributed by atoms with Gasteiger partial charge in [0.2, 0.25) is 0 Å². The first-order chi connectivity index (χ1) is 9.08. The van der Waals surface area contributed by atoms with E-state index in [2.05, 4.69) is 5.10 Å². The number of halogens is 2. The Morgan fingerprint density at radius 3 is 2.37 bits per heavy atom. The van der Waals surface area contributed by atoms with Crippen molar-refractivity contribution >= 4 is 23.2 Å². The van der Waals surface area contributed by atoms with E-state index in [1.54, 1.807) is 10.9 Å². The van der Waals surface area contributed by atoms with Crippen molar-refractivity contribution in [3.8, 4) is 5.75 Å². The molecule has 0 radical (unpaired) electrons. The van der Waals surface area contributed by atoms with Crippen LogP contribution in [-0.2, 0) is 20.8 Å². The summed E-state index contributed by atoms with van der Waals surface area (Å²) in [7, 11) is 9.87. The van der Waals surface area contributed by atoms with Crippen molar-refractivity contribution in [2.45, 2.75) is 13.8 Å². The van der Waals surface area contributed by atoms with Crippen LogP contribution in [-0.4, -0.2) is 16.0 Å². The third-order valence-corrected chi connectivity index (χ3v) is 2.39. The molecule has 0 aliphatic heterocycles. The molecule has 19 heavy (non-hydrogen) atoms. The van der Waals surface area contributed by atoms with E-state index in [0.29, 0.717) is 5.75 Å². The van der Waals surface area contributed by atoms with Gasteiger partial charge in [-0.25, -0.2) is 4.68 Å². The molecule has 0 atom stereocenters. The van der Waals surface area contributed by atoms with E-state index in [0.717, 1.165) is 16.7 Å². The van der Waals surface area contributed by atoms with Crippen LogP contribution in [0.15, 0.2) is 41.8 Å². The number of aromatic hydroxyl groups is 1. The van der Waals surface area contributed by atoms with Crippen molar-refractivity contribution in [2.75, 3.05) is 0 Å². The number of nitrogens with zero attached hydrogens (tertiary/aromatic N) is 2. The fraction of sp³-hybridized carbons (Fsp3) is 0.154. The number of benzene rings is 1. The van der Waals surface area contributed by atoms with Crippen molar-refractivity contribution in [1.29, 1.82) is 0 Å². The van der Waals surface area contributed by atoms with Crippen molar-refractivity contribution < 1.29 is 26.0 Å². The number of aromatic nitrogens is 1. The van der Waals surface area contributed by atoms with Crippen molar-refractivity contribution in [1.82, 2.24) is 4.68 Å². The summed E-state index contributed by atoms with van der Waals surface area (Å²) in [5.41, 5.74) is 2.73. The maximum absolute atomic E-state index is 9.85. The Kier molecular flexibility index (Phi) is 7.44. The molecule has 0 aliphatic rings. The van der Waals surface area contributed by atoms with Gasteiger partial charge in [0.25, 0.3) is 0 Å². The van der Waals surface area contributed by atoms with Gasteiger partial charge >= 0.3 is 37.9 Å². The number of phenols is 1. The first kappa shape index (κ1) is 16.5. The number of hydrogen-bond donors (Lipinski definition) is 1. The van der Waals surface area contributed by atoms with Crippen LogP contribution in [0.4, 0.5) is 0 Å². The van der Waals surface area contributed by atoms with Gasteiger partial charge in [-0.1, -0.05) is 6.07 Å². The Hall–Kier alpha value is -0.567. The van der Waals surface area contributed by atoms with E-state index < -0.39 is 20.8 Å². The zero-order chi connectivity index (χ0) is 14.3. The first-order valence-corrected chi connectivity index (χ1v) is 11.8. The molecular weight excluding hydrogens is 362 g/mol. The van der Waals surface area contributed by atoms with Gasteiger partial charge in [-0.2, -0.15) is 5.10 Å². The van der Waals surface area contributed by atoms with Crippen LogP contribution in [0.5, 0.6) is 5.75 Å². The van der Waals surface area contributed by atoms with Gasteiger partial charge in [-0.3, -0.25) is 0 Å². The van der Waals surface area contributed by atoms with E-state index in [1.165, 1.54) is 0 Å². The summed E-state index contributed by atoms with van der Waals surface area (Å²) in [6.45, 7) is 3.88. The molecule has 0 aliphatic carbocycles. The summed E-state index contributed by atoms with van der Waals surface area (Å²) in [5, 5.41) is 14.1. The molecule has 0 amide bonds. The van der Waals surface area contributed by atoms with Crippen molar-refractivity contribution in [2.24, 2.45) is 5.10 Å². The zero-order valence-corrected chi connectivity index (χ0v) is 14.6. The molecule has 0 saturated heterocycles. The Bertz CT molecular complexity index is 542. The Morgan fingerprint density at radius 2 is 1.79 bits per heavy atom. The molecule has 1 heterocycles. The molecular formula is C13H14Cl2N2OZr. The fourth-order valence-electron chi connectivity index (χ4n) is 1.62. The molecule has 3 nitrogen and oxygen atoms in total. The van der Waals surface area contributed by atoms with Crippen molar-refractivity contribution in [3.05, 3.63) is 53.3 Å². The van der Waals surface area contributed by atoms with Gasteiger partial charge in [-0.15, -0.1) is 0 Å². The predicted octanol–water partition coefficient (Wildman–Crippen LogP) is 4.07.